The first-order chi connectivity index (χ1) is 12.7. The molecule has 10 heteroatoms. The van der Waals surface area contributed by atoms with Crippen molar-refractivity contribution >= 4 is 45.2 Å². The molecule has 0 aliphatic carbocycles. The summed E-state index contributed by atoms with van der Waals surface area (Å²) in [4.78, 5) is 16.1. The molecule has 0 aliphatic rings. The van der Waals surface area contributed by atoms with Crippen LogP contribution in [0.3, 0.4) is 0 Å². The minimum Gasteiger partial charge on any atom is -0.258 e. The van der Waals surface area contributed by atoms with Gasteiger partial charge < -0.3 is 0 Å². The van der Waals surface area contributed by atoms with E-state index in [2.05, 4.69) is 20.3 Å². The Morgan fingerprint density at radius 1 is 1.19 bits per heavy atom. The van der Waals surface area contributed by atoms with E-state index in [1.807, 2.05) is 24.3 Å². The van der Waals surface area contributed by atoms with Crippen LogP contribution in [0.1, 0.15) is 5.56 Å². The summed E-state index contributed by atoms with van der Waals surface area (Å²) in [5.41, 5.74) is 1.56. The summed E-state index contributed by atoms with van der Waals surface area (Å²) in [7, 11) is 0. The molecule has 0 N–H and O–H groups in total. The summed E-state index contributed by atoms with van der Waals surface area (Å²) in [5.74, 6) is 0. The molecule has 4 rings (SSSR count). The smallest absolute Gasteiger partial charge is 0.258 e. The van der Waals surface area contributed by atoms with E-state index in [1.54, 1.807) is 23.6 Å². The molecule has 0 spiro atoms. The van der Waals surface area contributed by atoms with Crippen LogP contribution in [0.2, 0.25) is 0 Å². The summed E-state index contributed by atoms with van der Waals surface area (Å²) >= 11 is 3.03. The highest BCUT2D eigenvalue weighted by Gasteiger charge is 2.13. The predicted molar refractivity (Wildman–Crippen MR) is 99.9 cm³/mol. The van der Waals surface area contributed by atoms with Crippen LogP contribution in [-0.2, 0) is 0 Å². The van der Waals surface area contributed by atoms with E-state index >= 15 is 0 Å². The lowest BCUT2D eigenvalue weighted by molar-refractivity contribution is -0.384. The van der Waals surface area contributed by atoms with Crippen LogP contribution in [-0.4, -0.2) is 31.0 Å². The third-order valence-electron chi connectivity index (χ3n) is 3.41. The molecule has 128 valence electrons. The fourth-order valence-corrected chi connectivity index (χ4v) is 4.32. The lowest BCUT2D eigenvalue weighted by Crippen LogP contribution is -1.94. The molecule has 0 radical (unpaired) electrons. The highest BCUT2D eigenvalue weighted by atomic mass is 32.2. The predicted octanol–water partition coefficient (Wildman–Crippen LogP) is 3.83. The first-order valence-corrected chi connectivity index (χ1v) is 9.03. The van der Waals surface area contributed by atoms with Crippen LogP contribution < -0.4 is 0 Å². The van der Waals surface area contributed by atoms with Crippen LogP contribution in [0.5, 0.6) is 0 Å². The first kappa shape index (κ1) is 16.4. The minimum absolute atomic E-state index is 0.00357. The van der Waals surface area contributed by atoms with Gasteiger partial charge in [-0.2, -0.15) is 5.10 Å². The Bertz CT molecular complexity index is 1070. The number of fused-ring (bicyclic) bond motifs is 1. The van der Waals surface area contributed by atoms with Crippen LogP contribution in [0, 0.1) is 10.1 Å². The first-order valence-electron chi connectivity index (χ1n) is 7.40. The van der Waals surface area contributed by atoms with Gasteiger partial charge in [-0.3, -0.25) is 10.1 Å². The Hall–Kier alpha value is -3.11. The van der Waals surface area contributed by atoms with Gasteiger partial charge in [0.2, 0.25) is 0 Å². The topological polar surface area (TPSA) is 99.1 Å². The molecule has 0 unspecified atom stereocenters. The van der Waals surface area contributed by atoms with E-state index in [-0.39, 0.29) is 5.69 Å². The van der Waals surface area contributed by atoms with Crippen LogP contribution >= 0.6 is 23.1 Å². The van der Waals surface area contributed by atoms with E-state index in [0.717, 1.165) is 19.5 Å². The average molecular weight is 382 g/mol. The number of rotatable bonds is 5. The molecule has 0 atom stereocenters. The maximum atomic E-state index is 11.1. The molecule has 0 saturated carbocycles. The van der Waals surface area contributed by atoms with Gasteiger partial charge in [0.05, 0.1) is 21.4 Å². The Morgan fingerprint density at radius 3 is 2.77 bits per heavy atom. The minimum atomic E-state index is -0.428. The molecule has 0 amide bonds. The maximum Gasteiger partial charge on any atom is 0.270 e. The van der Waals surface area contributed by atoms with E-state index in [1.165, 1.54) is 41.2 Å². The fraction of sp³-hybridized carbons (Fsp3) is 0. The van der Waals surface area contributed by atoms with Crippen molar-refractivity contribution in [2.75, 3.05) is 0 Å². The summed E-state index contributed by atoms with van der Waals surface area (Å²) in [6.45, 7) is 0. The largest absolute Gasteiger partial charge is 0.270 e. The normalized spacial score (nSPS) is 11.4. The number of nitrogens with zero attached hydrogens (tertiary/aromatic N) is 6. The molecule has 2 heterocycles. The van der Waals surface area contributed by atoms with E-state index < -0.39 is 4.92 Å². The molecule has 0 bridgehead atoms. The summed E-state index contributed by atoms with van der Waals surface area (Å²) in [6, 6.07) is 12.6. The van der Waals surface area contributed by atoms with Crippen molar-refractivity contribution in [2.24, 2.45) is 5.10 Å². The van der Waals surface area contributed by atoms with Gasteiger partial charge in [0.25, 0.3) is 5.69 Å². The van der Waals surface area contributed by atoms with Crippen molar-refractivity contribution in [1.29, 1.82) is 0 Å². The van der Waals surface area contributed by atoms with Gasteiger partial charge in [0.15, 0.2) is 4.34 Å². The van der Waals surface area contributed by atoms with Gasteiger partial charge in [-0.25, -0.2) is 9.66 Å². The SMILES string of the molecule is O=[N+]([O-])c1ccc(Sc2nc3ccccc3s2)c(C=Nn2cnnc2)c1. The lowest BCUT2D eigenvalue weighted by atomic mass is 10.2. The van der Waals surface area contributed by atoms with Gasteiger partial charge in [-0.05, 0) is 18.2 Å². The zero-order chi connectivity index (χ0) is 17.9. The monoisotopic (exact) mass is 382 g/mol. The van der Waals surface area contributed by atoms with Crippen LogP contribution in [0.4, 0.5) is 5.69 Å². The van der Waals surface area contributed by atoms with Crippen molar-refractivity contribution in [3.8, 4) is 0 Å². The zero-order valence-corrected chi connectivity index (χ0v) is 14.7. The zero-order valence-electron chi connectivity index (χ0n) is 13.1. The molecule has 0 saturated heterocycles. The number of nitro groups is 1. The highest BCUT2D eigenvalue weighted by molar-refractivity contribution is 8.01. The Labute approximate surface area is 155 Å². The van der Waals surface area contributed by atoms with E-state index in [9.17, 15) is 10.1 Å². The molecule has 8 nitrogen and oxygen atoms in total. The maximum absolute atomic E-state index is 11.1. The number of hydrogen-bond donors (Lipinski definition) is 0. The Morgan fingerprint density at radius 2 is 2.00 bits per heavy atom. The second-order valence-electron chi connectivity index (χ2n) is 5.12. The standard InChI is InChI=1S/C16H10N6O2S2/c23-22(24)12-5-6-14(11(7-12)8-19-21-9-17-18-10-21)25-16-20-13-3-1-2-4-15(13)26-16/h1-10H. The van der Waals surface area contributed by atoms with Crippen LogP contribution in [0.25, 0.3) is 10.2 Å². The second-order valence-corrected chi connectivity index (χ2v) is 7.43. The number of aromatic nitrogens is 4. The van der Waals surface area contributed by atoms with Crippen LogP contribution in [0.15, 0.2) is 69.5 Å². The third-order valence-corrected chi connectivity index (χ3v) is 5.60. The molecular formula is C16H10N6O2S2. The fourth-order valence-electron chi connectivity index (χ4n) is 2.22. The molecule has 2 aromatic heterocycles. The molecule has 26 heavy (non-hydrogen) atoms. The summed E-state index contributed by atoms with van der Waals surface area (Å²) in [5, 5.41) is 22.6. The van der Waals surface area contributed by atoms with Crippen molar-refractivity contribution in [1.82, 2.24) is 19.9 Å². The quantitative estimate of drug-likeness (QED) is 0.295. The van der Waals surface area contributed by atoms with Crippen molar-refractivity contribution in [3.63, 3.8) is 0 Å². The summed E-state index contributed by atoms with van der Waals surface area (Å²) in [6.07, 6.45) is 4.43. The van der Waals surface area contributed by atoms with Gasteiger partial charge in [-0.15, -0.1) is 21.5 Å². The van der Waals surface area contributed by atoms with Crippen molar-refractivity contribution in [2.45, 2.75) is 9.24 Å². The van der Waals surface area contributed by atoms with Gasteiger partial charge in [0, 0.05) is 22.6 Å². The van der Waals surface area contributed by atoms with E-state index in [4.69, 9.17) is 0 Å². The number of nitro benzene ring substituents is 1. The molecule has 0 fully saturated rings. The number of para-hydroxylation sites is 1. The van der Waals surface area contributed by atoms with Gasteiger partial charge >= 0.3 is 0 Å². The number of thiazole rings is 1. The van der Waals surface area contributed by atoms with Gasteiger partial charge in [0.1, 0.15) is 12.7 Å². The van der Waals surface area contributed by atoms with E-state index in [0.29, 0.717) is 5.56 Å². The number of hydrogen-bond acceptors (Lipinski definition) is 8. The van der Waals surface area contributed by atoms with Gasteiger partial charge in [-0.1, -0.05) is 23.9 Å². The second kappa shape index (κ2) is 7.02. The molecule has 4 aromatic rings. The Kier molecular flexibility index (Phi) is 4.42. The number of benzene rings is 2. The highest BCUT2D eigenvalue weighted by Crippen LogP contribution is 2.36. The molecular weight excluding hydrogens is 372 g/mol. The average Bonchev–Trinajstić information content (AvgIpc) is 3.29. The molecule has 0 aliphatic heterocycles. The lowest BCUT2D eigenvalue weighted by Gasteiger charge is -2.03. The summed E-state index contributed by atoms with van der Waals surface area (Å²) < 4.78 is 3.38. The third kappa shape index (κ3) is 3.46. The Balaban J connectivity index is 1.70. The van der Waals surface area contributed by atoms with Crippen molar-refractivity contribution < 1.29 is 4.92 Å². The number of non-ortho nitro benzene ring substituents is 1. The molecule has 2 aromatic carbocycles. The van der Waals surface area contributed by atoms with Crippen molar-refractivity contribution in [3.05, 3.63) is 70.8 Å².